The van der Waals surface area contributed by atoms with E-state index in [9.17, 15) is 9.59 Å². The van der Waals surface area contributed by atoms with Crippen molar-refractivity contribution in [3.05, 3.63) is 40.9 Å². The molecule has 4 rings (SSSR count). The number of para-hydroxylation sites is 1. The monoisotopic (exact) mass is 414 g/mol. The third-order valence-electron chi connectivity index (χ3n) is 5.43. The number of benzene rings is 1. The summed E-state index contributed by atoms with van der Waals surface area (Å²) in [5.74, 6) is -0.501. The number of aromatic nitrogens is 1. The van der Waals surface area contributed by atoms with Gasteiger partial charge >= 0.3 is 0 Å². The number of carbonyl (C=O) groups is 2. The number of aryl methyl sites for hydroxylation is 1. The van der Waals surface area contributed by atoms with Crippen molar-refractivity contribution in [2.24, 2.45) is 5.92 Å². The van der Waals surface area contributed by atoms with Crippen LogP contribution < -0.4 is 10.2 Å². The molecule has 2 saturated heterocycles. The average molecular weight is 415 g/mol. The van der Waals surface area contributed by atoms with Gasteiger partial charge in [-0.2, -0.15) is 0 Å². The number of ether oxygens (including phenoxy) is 1. The highest BCUT2D eigenvalue weighted by Crippen LogP contribution is 2.29. The smallest absolute Gasteiger partial charge is 0.231 e. The van der Waals surface area contributed by atoms with Crippen LogP contribution in [-0.2, 0) is 27.3 Å². The number of nitrogens with one attached hydrogen (secondary N) is 1. The molecule has 3 heterocycles. The minimum Gasteiger partial charge on any atom is -0.379 e. The minimum atomic E-state index is -0.362. The second-order valence-electron chi connectivity index (χ2n) is 7.41. The predicted molar refractivity (Wildman–Crippen MR) is 113 cm³/mol. The van der Waals surface area contributed by atoms with Gasteiger partial charge in [-0.05, 0) is 18.1 Å². The van der Waals surface area contributed by atoms with Crippen LogP contribution >= 0.6 is 11.3 Å². The van der Waals surface area contributed by atoms with E-state index in [1.807, 2.05) is 29.6 Å². The molecule has 154 valence electrons. The molecule has 1 N–H and O–H groups in total. The zero-order valence-corrected chi connectivity index (χ0v) is 17.4. The Kier molecular flexibility index (Phi) is 6.22. The van der Waals surface area contributed by atoms with E-state index in [1.165, 1.54) is 11.3 Å². The number of anilines is 2. The molecule has 0 bridgehead atoms. The summed E-state index contributed by atoms with van der Waals surface area (Å²) in [7, 11) is 0. The summed E-state index contributed by atoms with van der Waals surface area (Å²) in [4.78, 5) is 33.9. The summed E-state index contributed by atoms with van der Waals surface area (Å²) >= 11 is 1.43. The van der Waals surface area contributed by atoms with E-state index >= 15 is 0 Å². The summed E-state index contributed by atoms with van der Waals surface area (Å²) in [6.07, 6.45) is 1.08. The van der Waals surface area contributed by atoms with E-state index in [2.05, 4.69) is 22.1 Å². The second-order valence-corrected chi connectivity index (χ2v) is 8.27. The van der Waals surface area contributed by atoms with E-state index in [4.69, 9.17) is 4.74 Å². The van der Waals surface area contributed by atoms with Gasteiger partial charge in [-0.1, -0.05) is 25.1 Å². The molecule has 1 unspecified atom stereocenters. The molecule has 0 saturated carbocycles. The molecular formula is C21H26N4O3S. The van der Waals surface area contributed by atoms with Crippen LogP contribution in [0, 0.1) is 5.92 Å². The van der Waals surface area contributed by atoms with Crippen LogP contribution in [0.4, 0.5) is 10.8 Å². The lowest BCUT2D eigenvalue weighted by atomic mass is 10.1. The first-order chi connectivity index (χ1) is 14.1. The number of hydrogen-bond donors (Lipinski definition) is 1. The first-order valence-corrected chi connectivity index (χ1v) is 11.0. The fraction of sp³-hybridized carbons (Fsp3) is 0.476. The van der Waals surface area contributed by atoms with Gasteiger partial charge in [-0.15, -0.1) is 11.3 Å². The fourth-order valence-corrected chi connectivity index (χ4v) is 4.53. The van der Waals surface area contributed by atoms with Gasteiger partial charge < -0.3 is 15.0 Å². The Labute approximate surface area is 174 Å². The summed E-state index contributed by atoms with van der Waals surface area (Å²) < 4.78 is 5.37. The highest BCUT2D eigenvalue weighted by atomic mass is 32.1. The highest BCUT2D eigenvalue weighted by Gasteiger charge is 2.36. The van der Waals surface area contributed by atoms with Gasteiger partial charge in [-0.25, -0.2) is 4.98 Å². The molecule has 2 aromatic rings. The molecule has 1 atom stereocenters. The maximum absolute atomic E-state index is 12.7. The standard InChI is InChI=1S/C21H26N4O3S/c1-2-15-5-3-4-6-18(15)25-12-16(11-19(25)26)20(27)23-21-22-17(14-29-21)13-24-7-9-28-10-8-24/h3-6,14,16H,2,7-13H2,1H3,(H,22,23,27). The second kappa shape index (κ2) is 9.02. The van der Waals surface area contributed by atoms with Crippen molar-refractivity contribution in [3.8, 4) is 0 Å². The van der Waals surface area contributed by atoms with E-state index in [0.717, 1.165) is 56.2 Å². The van der Waals surface area contributed by atoms with Gasteiger partial charge in [0.15, 0.2) is 5.13 Å². The maximum atomic E-state index is 12.7. The molecule has 29 heavy (non-hydrogen) atoms. The molecule has 7 nitrogen and oxygen atoms in total. The quantitative estimate of drug-likeness (QED) is 0.786. The molecule has 0 radical (unpaired) electrons. The Morgan fingerprint density at radius 3 is 2.90 bits per heavy atom. The highest BCUT2D eigenvalue weighted by molar-refractivity contribution is 7.13. The Morgan fingerprint density at radius 1 is 1.31 bits per heavy atom. The Morgan fingerprint density at radius 2 is 2.10 bits per heavy atom. The molecule has 2 amide bonds. The number of morpholine rings is 1. The fourth-order valence-electron chi connectivity index (χ4n) is 3.82. The molecule has 2 aliphatic rings. The summed E-state index contributed by atoms with van der Waals surface area (Å²) in [6.45, 7) is 6.55. The lowest BCUT2D eigenvalue weighted by Crippen LogP contribution is -2.35. The molecule has 1 aromatic carbocycles. The Hall–Kier alpha value is -2.29. The minimum absolute atomic E-state index is 0.00167. The third-order valence-corrected chi connectivity index (χ3v) is 6.24. The lowest BCUT2D eigenvalue weighted by Gasteiger charge is -2.25. The molecule has 0 spiro atoms. The predicted octanol–water partition coefficient (Wildman–Crippen LogP) is 2.53. The van der Waals surface area contributed by atoms with E-state index < -0.39 is 0 Å². The first kappa shape index (κ1) is 20.0. The van der Waals surface area contributed by atoms with Gasteiger partial charge in [0, 0.05) is 43.7 Å². The largest absolute Gasteiger partial charge is 0.379 e. The molecule has 2 fully saturated rings. The van der Waals surface area contributed by atoms with Crippen molar-refractivity contribution in [1.82, 2.24) is 9.88 Å². The molecule has 0 aliphatic carbocycles. The van der Waals surface area contributed by atoms with Crippen molar-refractivity contribution in [1.29, 1.82) is 0 Å². The number of hydrogen-bond acceptors (Lipinski definition) is 6. The summed E-state index contributed by atoms with van der Waals surface area (Å²) in [5.41, 5.74) is 2.99. The summed E-state index contributed by atoms with van der Waals surface area (Å²) in [6, 6.07) is 7.89. The van der Waals surface area contributed by atoms with Crippen LogP contribution in [0.2, 0.25) is 0 Å². The van der Waals surface area contributed by atoms with Gasteiger partial charge in [0.2, 0.25) is 11.8 Å². The van der Waals surface area contributed by atoms with Crippen LogP contribution in [0.15, 0.2) is 29.6 Å². The van der Waals surface area contributed by atoms with Crippen molar-refractivity contribution in [3.63, 3.8) is 0 Å². The topological polar surface area (TPSA) is 74.8 Å². The number of thiazole rings is 1. The van der Waals surface area contributed by atoms with Crippen molar-refractivity contribution >= 4 is 34.0 Å². The zero-order chi connectivity index (χ0) is 20.2. The maximum Gasteiger partial charge on any atom is 0.231 e. The molecule has 8 heteroatoms. The SMILES string of the molecule is CCc1ccccc1N1CC(C(=O)Nc2nc(CN3CCOCC3)cs2)CC1=O. The first-order valence-electron chi connectivity index (χ1n) is 10.1. The average Bonchev–Trinajstić information content (AvgIpc) is 3.35. The van der Waals surface area contributed by atoms with E-state index in [-0.39, 0.29) is 24.2 Å². The number of rotatable bonds is 6. The number of carbonyl (C=O) groups excluding carboxylic acids is 2. The zero-order valence-electron chi connectivity index (χ0n) is 16.6. The van der Waals surface area contributed by atoms with Gasteiger partial charge in [-0.3, -0.25) is 14.5 Å². The Balaban J connectivity index is 1.36. The van der Waals surface area contributed by atoms with Crippen molar-refractivity contribution in [2.45, 2.75) is 26.3 Å². The van der Waals surface area contributed by atoms with Crippen LogP contribution in [0.3, 0.4) is 0 Å². The lowest BCUT2D eigenvalue weighted by molar-refractivity contribution is -0.122. The molecule has 2 aliphatic heterocycles. The summed E-state index contributed by atoms with van der Waals surface area (Å²) in [5, 5.41) is 5.49. The Bertz CT molecular complexity index is 878. The number of amides is 2. The van der Waals surface area contributed by atoms with E-state index in [1.54, 1.807) is 4.90 Å². The van der Waals surface area contributed by atoms with Crippen LogP contribution in [0.1, 0.15) is 24.6 Å². The van der Waals surface area contributed by atoms with Crippen LogP contribution in [0.5, 0.6) is 0 Å². The van der Waals surface area contributed by atoms with Gasteiger partial charge in [0.1, 0.15) is 0 Å². The van der Waals surface area contributed by atoms with Crippen molar-refractivity contribution < 1.29 is 14.3 Å². The van der Waals surface area contributed by atoms with Crippen molar-refractivity contribution in [2.75, 3.05) is 43.1 Å². The van der Waals surface area contributed by atoms with E-state index in [0.29, 0.717) is 11.7 Å². The molecule has 1 aromatic heterocycles. The molecular weight excluding hydrogens is 388 g/mol. The van der Waals surface area contributed by atoms with Gasteiger partial charge in [0.05, 0.1) is 24.8 Å². The van der Waals surface area contributed by atoms with Crippen LogP contribution in [0.25, 0.3) is 0 Å². The third kappa shape index (κ3) is 4.66. The van der Waals surface area contributed by atoms with Crippen LogP contribution in [-0.4, -0.2) is 54.5 Å². The normalized spacial score (nSPS) is 20.2. The van der Waals surface area contributed by atoms with Gasteiger partial charge in [0.25, 0.3) is 0 Å². The number of nitrogens with zero attached hydrogens (tertiary/aromatic N) is 3.